The number of aliphatic hydroxyl groups is 1. The maximum atomic E-state index is 9.73. The summed E-state index contributed by atoms with van der Waals surface area (Å²) in [6.45, 7) is 26.2. The molecule has 0 aliphatic carbocycles. The molecule has 9 nitrogen and oxygen atoms in total. The summed E-state index contributed by atoms with van der Waals surface area (Å²) in [5.74, 6) is 0. The Bertz CT molecular complexity index is 674. The van der Waals surface area contributed by atoms with Gasteiger partial charge in [-0.3, -0.25) is 14.7 Å². The van der Waals surface area contributed by atoms with Gasteiger partial charge in [0, 0.05) is 42.8 Å². The summed E-state index contributed by atoms with van der Waals surface area (Å²) >= 11 is 0. The van der Waals surface area contributed by atoms with Crippen LogP contribution in [0.25, 0.3) is 0 Å². The molecule has 3 aliphatic rings. The standard InChI is InChI=1S/C27H53N3O6/c1-25(2,3)28-10-11-32-21(13-28)18-33-24-16-30(27(7,8)9)14-22(36-24)19-34-23-15-29(26(4,5)6)12-20(17-31)35-23/h20-24,31H,10-19H2,1-9H3/t20-,21?,22+,23?,24?/m0/s1. The maximum Gasteiger partial charge on any atom is 0.170 e. The van der Waals surface area contributed by atoms with Gasteiger partial charge in [0.05, 0.1) is 57.8 Å². The predicted molar refractivity (Wildman–Crippen MR) is 140 cm³/mol. The molecule has 5 atom stereocenters. The zero-order valence-corrected chi connectivity index (χ0v) is 24.3. The third-order valence-electron chi connectivity index (χ3n) is 7.40. The largest absolute Gasteiger partial charge is 0.394 e. The number of aliphatic hydroxyl groups excluding tert-OH is 1. The van der Waals surface area contributed by atoms with E-state index in [2.05, 4.69) is 77.0 Å². The highest BCUT2D eigenvalue weighted by Crippen LogP contribution is 2.25. The van der Waals surface area contributed by atoms with E-state index < -0.39 is 6.29 Å². The number of ether oxygens (including phenoxy) is 5. The summed E-state index contributed by atoms with van der Waals surface area (Å²) in [5.41, 5.74) is 0.0832. The lowest BCUT2D eigenvalue weighted by atomic mass is 10.0. The van der Waals surface area contributed by atoms with Gasteiger partial charge < -0.3 is 28.8 Å². The minimum absolute atomic E-state index is 0.0135. The van der Waals surface area contributed by atoms with Gasteiger partial charge in [0.25, 0.3) is 0 Å². The molecule has 0 saturated carbocycles. The Hall–Kier alpha value is -0.360. The Balaban J connectivity index is 1.56. The molecule has 212 valence electrons. The maximum absolute atomic E-state index is 9.73. The summed E-state index contributed by atoms with van der Waals surface area (Å²) in [6.07, 6.45) is -1.09. The predicted octanol–water partition coefficient (Wildman–Crippen LogP) is 2.16. The van der Waals surface area contributed by atoms with Crippen LogP contribution in [0.4, 0.5) is 0 Å². The highest BCUT2D eigenvalue weighted by Gasteiger charge is 2.38. The lowest BCUT2D eigenvalue weighted by Crippen LogP contribution is -2.58. The second-order valence-corrected chi connectivity index (χ2v) is 13.5. The van der Waals surface area contributed by atoms with E-state index in [1.165, 1.54) is 0 Å². The van der Waals surface area contributed by atoms with Gasteiger partial charge in [-0.05, 0) is 62.3 Å². The van der Waals surface area contributed by atoms with Gasteiger partial charge >= 0.3 is 0 Å². The number of hydrogen-bond donors (Lipinski definition) is 1. The van der Waals surface area contributed by atoms with Gasteiger partial charge in [-0.15, -0.1) is 0 Å². The van der Waals surface area contributed by atoms with Crippen LogP contribution >= 0.6 is 0 Å². The zero-order valence-electron chi connectivity index (χ0n) is 24.3. The van der Waals surface area contributed by atoms with Crippen molar-refractivity contribution in [3.8, 4) is 0 Å². The lowest BCUT2D eigenvalue weighted by molar-refractivity contribution is -0.268. The van der Waals surface area contributed by atoms with Crippen molar-refractivity contribution in [1.82, 2.24) is 14.7 Å². The van der Waals surface area contributed by atoms with Crippen LogP contribution in [-0.2, 0) is 23.7 Å². The number of nitrogens with zero attached hydrogens (tertiary/aromatic N) is 3. The third kappa shape index (κ3) is 8.85. The molecule has 3 rings (SSSR count). The van der Waals surface area contributed by atoms with E-state index >= 15 is 0 Å². The van der Waals surface area contributed by atoms with E-state index in [0.717, 1.165) is 26.2 Å². The lowest BCUT2D eigenvalue weighted by Gasteiger charge is -2.46. The first-order valence-electron chi connectivity index (χ1n) is 13.7. The van der Waals surface area contributed by atoms with Crippen LogP contribution in [0.5, 0.6) is 0 Å². The fourth-order valence-corrected chi connectivity index (χ4v) is 4.93. The Kier molecular flexibility index (Phi) is 10.2. The molecule has 9 heteroatoms. The van der Waals surface area contributed by atoms with Gasteiger partial charge in [0.15, 0.2) is 12.6 Å². The van der Waals surface area contributed by atoms with Gasteiger partial charge in [-0.1, -0.05) is 0 Å². The zero-order chi connectivity index (χ0) is 26.7. The van der Waals surface area contributed by atoms with E-state index in [-0.39, 0.29) is 47.8 Å². The van der Waals surface area contributed by atoms with Gasteiger partial charge in [-0.25, -0.2) is 0 Å². The smallest absolute Gasteiger partial charge is 0.170 e. The monoisotopic (exact) mass is 515 g/mol. The molecule has 3 aliphatic heterocycles. The Labute approximate surface area is 219 Å². The molecule has 3 fully saturated rings. The normalized spacial score (nSPS) is 32.7. The molecule has 0 aromatic carbocycles. The van der Waals surface area contributed by atoms with Gasteiger partial charge in [-0.2, -0.15) is 0 Å². The topological polar surface area (TPSA) is 76.1 Å². The molecule has 0 radical (unpaired) electrons. The van der Waals surface area contributed by atoms with Crippen LogP contribution in [0.2, 0.25) is 0 Å². The van der Waals surface area contributed by atoms with Gasteiger partial charge in [0.1, 0.15) is 0 Å². The fraction of sp³-hybridized carbons (Fsp3) is 1.00. The van der Waals surface area contributed by atoms with Crippen LogP contribution in [0, 0.1) is 0 Å². The number of rotatable bonds is 7. The third-order valence-corrected chi connectivity index (χ3v) is 7.40. The first-order valence-corrected chi connectivity index (χ1v) is 13.7. The molecule has 1 N–H and O–H groups in total. The molecule has 0 aromatic heterocycles. The van der Waals surface area contributed by atoms with E-state index in [1.807, 2.05) is 0 Å². The molecule has 3 saturated heterocycles. The highest BCUT2D eigenvalue weighted by molar-refractivity contribution is 4.86. The van der Waals surface area contributed by atoms with Crippen LogP contribution in [0.3, 0.4) is 0 Å². The van der Waals surface area contributed by atoms with Crippen molar-refractivity contribution in [3.05, 3.63) is 0 Å². The molecule has 0 aromatic rings. The summed E-state index contributed by atoms with van der Waals surface area (Å²) in [6, 6.07) is 0. The molecule has 0 bridgehead atoms. The molecule has 0 amide bonds. The fourth-order valence-electron chi connectivity index (χ4n) is 4.93. The van der Waals surface area contributed by atoms with Crippen LogP contribution in [-0.4, -0.2) is 133 Å². The SMILES string of the molecule is CC(C)(C)N1CCOC(COC2CN(C(C)(C)C)C[C@H](COC3CN(C(C)(C)C)C[C@@H](CO)O3)O2)C1. The van der Waals surface area contributed by atoms with Crippen molar-refractivity contribution >= 4 is 0 Å². The van der Waals surface area contributed by atoms with Crippen LogP contribution in [0.15, 0.2) is 0 Å². The highest BCUT2D eigenvalue weighted by atomic mass is 16.7. The second kappa shape index (κ2) is 12.2. The molecule has 36 heavy (non-hydrogen) atoms. The average molecular weight is 516 g/mol. The van der Waals surface area contributed by atoms with E-state index in [4.69, 9.17) is 23.7 Å². The first-order chi connectivity index (χ1) is 16.6. The first kappa shape index (κ1) is 30.2. The minimum atomic E-state index is -0.401. The quantitative estimate of drug-likeness (QED) is 0.549. The summed E-state index contributed by atoms with van der Waals surface area (Å²) in [4.78, 5) is 7.16. The van der Waals surface area contributed by atoms with E-state index in [1.54, 1.807) is 0 Å². The van der Waals surface area contributed by atoms with Crippen molar-refractivity contribution in [1.29, 1.82) is 0 Å². The van der Waals surface area contributed by atoms with Crippen molar-refractivity contribution < 1.29 is 28.8 Å². The van der Waals surface area contributed by atoms with Crippen LogP contribution in [0.1, 0.15) is 62.3 Å². The number of morpholine rings is 3. The molecular formula is C27H53N3O6. The van der Waals surface area contributed by atoms with Crippen LogP contribution < -0.4 is 0 Å². The second-order valence-electron chi connectivity index (χ2n) is 13.5. The van der Waals surface area contributed by atoms with Crippen molar-refractivity contribution in [3.63, 3.8) is 0 Å². The van der Waals surface area contributed by atoms with Crippen molar-refractivity contribution in [2.75, 3.05) is 65.7 Å². The molecule has 0 spiro atoms. The van der Waals surface area contributed by atoms with Gasteiger partial charge in [0.2, 0.25) is 0 Å². The molecule has 3 unspecified atom stereocenters. The minimum Gasteiger partial charge on any atom is -0.394 e. The van der Waals surface area contributed by atoms with E-state index in [9.17, 15) is 5.11 Å². The summed E-state index contributed by atoms with van der Waals surface area (Å²) < 4.78 is 30.9. The molecular weight excluding hydrogens is 462 g/mol. The Morgan fingerprint density at radius 1 is 0.639 bits per heavy atom. The summed E-state index contributed by atoms with van der Waals surface area (Å²) in [7, 11) is 0. The van der Waals surface area contributed by atoms with Crippen molar-refractivity contribution in [2.45, 2.75) is 110 Å². The van der Waals surface area contributed by atoms with E-state index in [0.29, 0.717) is 32.8 Å². The Morgan fingerprint density at radius 2 is 1.08 bits per heavy atom. The molecule has 3 heterocycles. The Morgan fingerprint density at radius 3 is 1.58 bits per heavy atom. The summed E-state index contributed by atoms with van der Waals surface area (Å²) in [5, 5.41) is 9.73. The van der Waals surface area contributed by atoms with Crippen molar-refractivity contribution in [2.24, 2.45) is 0 Å². The average Bonchev–Trinajstić information content (AvgIpc) is 2.79. The number of hydrogen-bond acceptors (Lipinski definition) is 9.